The van der Waals surface area contributed by atoms with Crippen LogP contribution in [0, 0.1) is 5.92 Å². The van der Waals surface area contributed by atoms with Gasteiger partial charge in [-0.1, -0.05) is 74.0 Å². The van der Waals surface area contributed by atoms with Crippen LogP contribution in [0.25, 0.3) is 27.4 Å². The number of halogens is 1. The van der Waals surface area contributed by atoms with Gasteiger partial charge in [0.1, 0.15) is 5.82 Å². The lowest BCUT2D eigenvalue weighted by molar-refractivity contribution is 0.179. The molecule has 5 aromatic rings. The van der Waals surface area contributed by atoms with Crippen LogP contribution in [0.4, 0.5) is 10.5 Å². The number of hydrogen-bond donors (Lipinski definition) is 1. The highest BCUT2D eigenvalue weighted by atomic mass is 35.5. The maximum atomic E-state index is 13.9. The first-order valence-corrected chi connectivity index (χ1v) is 13.0. The van der Waals surface area contributed by atoms with E-state index in [4.69, 9.17) is 16.6 Å². The van der Waals surface area contributed by atoms with E-state index in [1.165, 1.54) is 0 Å². The van der Waals surface area contributed by atoms with Crippen LogP contribution in [0.1, 0.15) is 32.6 Å². The Balaban J connectivity index is 1.65. The molecule has 6 nitrogen and oxygen atoms in total. The van der Waals surface area contributed by atoms with E-state index in [-0.39, 0.29) is 17.5 Å². The third-order valence-corrected chi connectivity index (χ3v) is 6.77. The molecule has 1 N–H and O–H groups in total. The number of amides is 2. The highest BCUT2D eigenvalue weighted by molar-refractivity contribution is 6.30. The zero-order valence-electron chi connectivity index (χ0n) is 21.6. The molecule has 1 unspecified atom stereocenters. The van der Waals surface area contributed by atoms with Crippen molar-refractivity contribution in [3.05, 3.63) is 112 Å². The lowest BCUT2D eigenvalue weighted by atomic mass is 10.1. The largest absolute Gasteiger partial charge is 0.322 e. The van der Waals surface area contributed by atoms with Gasteiger partial charge in [0.05, 0.1) is 22.6 Å². The van der Waals surface area contributed by atoms with Crippen molar-refractivity contribution < 1.29 is 4.79 Å². The van der Waals surface area contributed by atoms with Crippen LogP contribution < -0.4 is 10.9 Å². The predicted molar refractivity (Wildman–Crippen MR) is 155 cm³/mol. The van der Waals surface area contributed by atoms with E-state index < -0.39 is 6.04 Å². The number of nitrogens with one attached hydrogen (secondary N) is 1. The molecule has 2 amide bonds. The lowest BCUT2D eigenvalue weighted by Crippen LogP contribution is -2.41. The van der Waals surface area contributed by atoms with Crippen molar-refractivity contribution in [2.75, 3.05) is 11.9 Å². The zero-order chi connectivity index (χ0) is 26.8. The molecule has 0 aliphatic carbocycles. The summed E-state index contributed by atoms with van der Waals surface area (Å²) in [5.74, 6) is 0.676. The number of urea groups is 1. The van der Waals surface area contributed by atoms with Crippen LogP contribution in [-0.2, 0) is 0 Å². The van der Waals surface area contributed by atoms with Gasteiger partial charge in [0.2, 0.25) is 0 Å². The lowest BCUT2D eigenvalue weighted by Gasteiger charge is -2.32. The first kappa shape index (κ1) is 25.5. The number of aromatic nitrogens is 2. The number of carbonyl (C=O) groups is 1. The summed E-state index contributed by atoms with van der Waals surface area (Å²) in [6.07, 6.45) is 0. The summed E-state index contributed by atoms with van der Waals surface area (Å²) in [7, 11) is 0. The van der Waals surface area contributed by atoms with Crippen LogP contribution in [0.15, 0.2) is 95.8 Å². The molecule has 1 heterocycles. The van der Waals surface area contributed by atoms with Gasteiger partial charge in [0.25, 0.3) is 5.56 Å². The second-order valence-corrected chi connectivity index (χ2v) is 10.3. The minimum atomic E-state index is -0.514. The SMILES string of the molecule is CC(C)CN(C(=O)Nc1cccc(Cl)c1)C(C)c1nc2ccccc2c(=O)n1-c1ccc2ccccc2c1. The molecule has 38 heavy (non-hydrogen) atoms. The molecule has 0 fully saturated rings. The number of carbonyl (C=O) groups excluding carboxylic acids is 1. The molecule has 0 saturated carbocycles. The minimum absolute atomic E-state index is 0.174. The van der Waals surface area contributed by atoms with Gasteiger partial charge in [-0.15, -0.1) is 0 Å². The van der Waals surface area contributed by atoms with Crippen LogP contribution >= 0.6 is 11.6 Å². The number of anilines is 1. The van der Waals surface area contributed by atoms with E-state index >= 15 is 0 Å². The van der Waals surface area contributed by atoms with E-state index in [0.29, 0.717) is 39.7 Å². The smallest absolute Gasteiger partial charge is 0.314 e. The molecule has 0 aliphatic rings. The standard InChI is InChI=1S/C31H29ClN4O2/c1-20(2)19-35(31(38)33-25-12-8-11-24(32)18-25)21(3)29-34-28-14-7-6-13-27(28)30(37)36(29)26-16-15-22-9-4-5-10-23(22)17-26/h4-18,20-21H,19H2,1-3H3,(H,33,38). The summed E-state index contributed by atoms with van der Waals surface area (Å²) in [4.78, 5) is 34.2. The maximum Gasteiger partial charge on any atom is 0.322 e. The van der Waals surface area contributed by atoms with Crippen molar-refractivity contribution >= 4 is 45.0 Å². The number of para-hydroxylation sites is 1. The van der Waals surface area contributed by atoms with E-state index in [2.05, 4.69) is 19.2 Å². The first-order valence-electron chi connectivity index (χ1n) is 12.7. The summed E-state index contributed by atoms with van der Waals surface area (Å²) in [5.41, 5.74) is 1.72. The maximum absolute atomic E-state index is 13.9. The Hall–Kier alpha value is -4.16. The average Bonchev–Trinajstić information content (AvgIpc) is 2.91. The Kier molecular flexibility index (Phi) is 7.16. The Morgan fingerprint density at radius 3 is 2.42 bits per heavy atom. The highest BCUT2D eigenvalue weighted by Crippen LogP contribution is 2.27. The molecule has 4 aromatic carbocycles. The van der Waals surface area contributed by atoms with Crippen LogP contribution in [0.5, 0.6) is 0 Å². The second kappa shape index (κ2) is 10.7. The summed E-state index contributed by atoms with van der Waals surface area (Å²) in [6.45, 7) is 6.48. The summed E-state index contributed by atoms with van der Waals surface area (Å²) >= 11 is 6.14. The van der Waals surface area contributed by atoms with E-state index in [9.17, 15) is 9.59 Å². The van der Waals surface area contributed by atoms with E-state index in [1.54, 1.807) is 39.8 Å². The second-order valence-electron chi connectivity index (χ2n) is 9.82. The van der Waals surface area contributed by atoms with Gasteiger partial charge in [-0.3, -0.25) is 9.36 Å². The Bertz CT molecular complexity index is 1700. The average molecular weight is 525 g/mol. The topological polar surface area (TPSA) is 67.2 Å². The Labute approximate surface area is 226 Å². The number of hydrogen-bond acceptors (Lipinski definition) is 3. The number of rotatable bonds is 6. The number of fused-ring (bicyclic) bond motifs is 2. The quantitative estimate of drug-likeness (QED) is 0.251. The number of benzene rings is 4. The molecule has 0 spiro atoms. The zero-order valence-corrected chi connectivity index (χ0v) is 22.3. The Morgan fingerprint density at radius 2 is 1.66 bits per heavy atom. The molecule has 0 bridgehead atoms. The summed E-state index contributed by atoms with van der Waals surface area (Å²) in [6, 6.07) is 27.5. The fraction of sp³-hybridized carbons (Fsp3) is 0.194. The van der Waals surface area contributed by atoms with Gasteiger partial charge in [0.15, 0.2) is 0 Å². The summed E-state index contributed by atoms with van der Waals surface area (Å²) < 4.78 is 1.64. The van der Waals surface area contributed by atoms with Crippen molar-refractivity contribution in [2.24, 2.45) is 5.92 Å². The van der Waals surface area contributed by atoms with Crippen LogP contribution in [0.2, 0.25) is 5.02 Å². The molecule has 0 radical (unpaired) electrons. The molecule has 1 atom stereocenters. The molecule has 5 rings (SSSR count). The third kappa shape index (κ3) is 5.13. The van der Waals surface area contributed by atoms with Gasteiger partial charge >= 0.3 is 6.03 Å². The van der Waals surface area contributed by atoms with Crippen LogP contribution in [-0.4, -0.2) is 27.0 Å². The minimum Gasteiger partial charge on any atom is -0.314 e. The molecular formula is C31H29ClN4O2. The molecule has 7 heteroatoms. The van der Waals surface area contributed by atoms with Crippen molar-refractivity contribution in [1.82, 2.24) is 14.5 Å². The van der Waals surface area contributed by atoms with Crippen molar-refractivity contribution in [1.29, 1.82) is 0 Å². The predicted octanol–water partition coefficient (Wildman–Crippen LogP) is 7.44. The molecule has 192 valence electrons. The van der Waals surface area contributed by atoms with E-state index in [0.717, 1.165) is 10.8 Å². The van der Waals surface area contributed by atoms with E-state index in [1.807, 2.05) is 67.6 Å². The number of nitrogens with zero attached hydrogens (tertiary/aromatic N) is 3. The highest BCUT2D eigenvalue weighted by Gasteiger charge is 2.28. The third-order valence-electron chi connectivity index (χ3n) is 6.53. The van der Waals surface area contributed by atoms with Gasteiger partial charge in [0, 0.05) is 17.3 Å². The fourth-order valence-electron chi connectivity index (χ4n) is 4.71. The van der Waals surface area contributed by atoms with Crippen molar-refractivity contribution in [2.45, 2.75) is 26.8 Å². The molecule has 0 aliphatic heterocycles. The van der Waals surface area contributed by atoms with Gasteiger partial charge in [-0.05, 0) is 66.1 Å². The molecule has 0 saturated heterocycles. The normalized spacial score (nSPS) is 12.1. The Morgan fingerprint density at radius 1 is 0.921 bits per heavy atom. The first-order chi connectivity index (χ1) is 18.3. The van der Waals surface area contributed by atoms with Crippen LogP contribution in [0.3, 0.4) is 0 Å². The summed E-state index contributed by atoms with van der Waals surface area (Å²) in [5, 5.41) is 6.11. The fourth-order valence-corrected chi connectivity index (χ4v) is 4.90. The van der Waals surface area contributed by atoms with Crippen molar-refractivity contribution in [3.8, 4) is 5.69 Å². The monoisotopic (exact) mass is 524 g/mol. The van der Waals surface area contributed by atoms with Gasteiger partial charge in [-0.2, -0.15) is 0 Å². The molecular weight excluding hydrogens is 496 g/mol. The van der Waals surface area contributed by atoms with Crippen molar-refractivity contribution in [3.63, 3.8) is 0 Å². The van der Waals surface area contributed by atoms with Gasteiger partial charge < -0.3 is 10.2 Å². The van der Waals surface area contributed by atoms with Gasteiger partial charge in [-0.25, -0.2) is 9.78 Å². The molecule has 1 aromatic heterocycles.